The molecule has 0 radical (unpaired) electrons. The van der Waals surface area contributed by atoms with Gasteiger partial charge in [-0.1, -0.05) is 16.7 Å². The van der Waals surface area contributed by atoms with Crippen LogP contribution in [0.4, 0.5) is 11.7 Å². The van der Waals surface area contributed by atoms with E-state index >= 15 is 0 Å². The van der Waals surface area contributed by atoms with E-state index < -0.39 is 0 Å². The van der Waals surface area contributed by atoms with Crippen molar-refractivity contribution in [3.8, 4) is 23.0 Å². The van der Waals surface area contributed by atoms with Crippen LogP contribution in [0.3, 0.4) is 0 Å². The first-order valence-corrected chi connectivity index (χ1v) is 6.92. The van der Waals surface area contributed by atoms with Gasteiger partial charge in [0.2, 0.25) is 12.7 Å². The van der Waals surface area contributed by atoms with E-state index in [1.165, 1.54) is 0 Å². The summed E-state index contributed by atoms with van der Waals surface area (Å²) in [5, 5.41) is 11.7. The van der Waals surface area contributed by atoms with Gasteiger partial charge >= 0.3 is 6.01 Å². The number of fused-ring (bicyclic) bond motifs is 1. The average Bonchev–Trinajstić information content (AvgIpc) is 3.17. The molecule has 22 heavy (non-hydrogen) atoms. The monoisotopic (exact) mass is 315 g/mol. The fraction of sp³-hybridized carbons (Fsp3) is 0.0667. The minimum Gasteiger partial charge on any atom is -0.454 e. The third-order valence-electron chi connectivity index (χ3n) is 3.14. The molecule has 0 atom stereocenters. The number of hydrogen-bond donors (Lipinski definition) is 1. The molecule has 6 nitrogen and oxygen atoms in total. The average molecular weight is 316 g/mol. The summed E-state index contributed by atoms with van der Waals surface area (Å²) in [5.74, 6) is 1.82. The van der Waals surface area contributed by atoms with E-state index in [2.05, 4.69) is 15.5 Å². The predicted molar refractivity (Wildman–Crippen MR) is 80.6 cm³/mol. The number of ether oxygens (including phenoxy) is 2. The molecule has 0 fully saturated rings. The topological polar surface area (TPSA) is 69.4 Å². The Hall–Kier alpha value is -2.73. The molecule has 1 aliphatic heterocycles. The van der Waals surface area contributed by atoms with Crippen LogP contribution in [0.2, 0.25) is 5.02 Å². The summed E-state index contributed by atoms with van der Waals surface area (Å²) in [7, 11) is 0. The molecule has 1 N–H and O–H groups in total. The number of nitrogens with one attached hydrogen (secondary N) is 1. The Morgan fingerprint density at radius 3 is 2.64 bits per heavy atom. The Morgan fingerprint density at radius 1 is 0.955 bits per heavy atom. The summed E-state index contributed by atoms with van der Waals surface area (Å²) in [6.45, 7) is 0.236. The first-order valence-electron chi connectivity index (χ1n) is 6.54. The summed E-state index contributed by atoms with van der Waals surface area (Å²) >= 11 is 5.86. The molecule has 0 saturated carbocycles. The zero-order chi connectivity index (χ0) is 14.9. The van der Waals surface area contributed by atoms with E-state index in [-0.39, 0.29) is 6.79 Å². The molecular weight excluding hydrogens is 306 g/mol. The number of anilines is 2. The fourth-order valence-electron chi connectivity index (χ4n) is 2.08. The van der Waals surface area contributed by atoms with Gasteiger partial charge in [-0.3, -0.25) is 0 Å². The maximum atomic E-state index is 5.86. The van der Waals surface area contributed by atoms with Crippen molar-refractivity contribution in [1.29, 1.82) is 0 Å². The molecule has 0 spiro atoms. The molecule has 2 heterocycles. The molecule has 0 unspecified atom stereocenters. The van der Waals surface area contributed by atoms with Crippen LogP contribution in [-0.4, -0.2) is 17.0 Å². The molecule has 0 amide bonds. The van der Waals surface area contributed by atoms with Gasteiger partial charge < -0.3 is 19.2 Å². The summed E-state index contributed by atoms with van der Waals surface area (Å²) in [4.78, 5) is 0. The third kappa shape index (κ3) is 2.44. The van der Waals surface area contributed by atoms with E-state index in [9.17, 15) is 0 Å². The van der Waals surface area contributed by atoms with E-state index in [1.807, 2.05) is 30.3 Å². The van der Waals surface area contributed by atoms with Crippen LogP contribution in [-0.2, 0) is 0 Å². The zero-order valence-electron chi connectivity index (χ0n) is 11.2. The van der Waals surface area contributed by atoms with Crippen molar-refractivity contribution in [3.63, 3.8) is 0 Å². The summed E-state index contributed by atoms with van der Waals surface area (Å²) in [6.07, 6.45) is 0. The van der Waals surface area contributed by atoms with Gasteiger partial charge in [-0.05, 0) is 36.4 Å². The predicted octanol–water partition coefficient (Wildman–Crippen LogP) is 3.86. The first-order chi connectivity index (χ1) is 10.8. The van der Waals surface area contributed by atoms with Crippen molar-refractivity contribution >= 4 is 23.3 Å². The van der Waals surface area contributed by atoms with Crippen LogP contribution in [0.25, 0.3) is 11.5 Å². The highest BCUT2D eigenvalue weighted by atomic mass is 35.5. The highest BCUT2D eigenvalue weighted by Gasteiger charge is 2.14. The van der Waals surface area contributed by atoms with Crippen molar-refractivity contribution in [2.75, 3.05) is 12.1 Å². The minimum absolute atomic E-state index is 0.236. The summed E-state index contributed by atoms with van der Waals surface area (Å²) in [6, 6.07) is 13.0. The van der Waals surface area contributed by atoms with Crippen LogP contribution in [0.1, 0.15) is 0 Å². The SMILES string of the molecule is Clc1ccc(-c2nnc(Nc3ccc4c(c3)OCO4)o2)cc1. The highest BCUT2D eigenvalue weighted by Crippen LogP contribution is 2.35. The number of rotatable bonds is 3. The molecule has 4 rings (SSSR count). The molecule has 0 bridgehead atoms. The number of halogens is 1. The first kappa shape index (κ1) is 13.0. The standard InChI is InChI=1S/C15H10ClN3O3/c16-10-3-1-9(2-4-10)14-18-19-15(22-14)17-11-5-6-12-13(7-11)21-8-20-12/h1-7H,8H2,(H,17,19). The molecule has 1 aromatic heterocycles. The van der Waals surface area contributed by atoms with Crippen molar-refractivity contribution < 1.29 is 13.9 Å². The zero-order valence-corrected chi connectivity index (χ0v) is 12.0. The molecule has 2 aromatic carbocycles. The van der Waals surface area contributed by atoms with Crippen LogP contribution >= 0.6 is 11.6 Å². The normalized spacial score (nSPS) is 12.4. The lowest BCUT2D eigenvalue weighted by atomic mass is 10.2. The molecule has 7 heteroatoms. The maximum absolute atomic E-state index is 5.86. The van der Waals surface area contributed by atoms with Crippen molar-refractivity contribution in [2.24, 2.45) is 0 Å². The molecule has 3 aromatic rings. The number of aromatic nitrogens is 2. The van der Waals surface area contributed by atoms with Gasteiger partial charge in [0, 0.05) is 22.3 Å². The Morgan fingerprint density at radius 2 is 1.77 bits per heavy atom. The molecule has 110 valence electrons. The highest BCUT2D eigenvalue weighted by molar-refractivity contribution is 6.30. The van der Waals surface area contributed by atoms with Crippen LogP contribution in [0, 0.1) is 0 Å². The Labute approximate surface area is 130 Å². The largest absolute Gasteiger partial charge is 0.454 e. The second-order valence-corrected chi connectivity index (χ2v) is 5.05. The lowest BCUT2D eigenvalue weighted by molar-refractivity contribution is 0.174. The number of benzene rings is 2. The lowest BCUT2D eigenvalue weighted by Crippen LogP contribution is -1.93. The van der Waals surface area contributed by atoms with E-state index in [0.717, 1.165) is 17.0 Å². The van der Waals surface area contributed by atoms with E-state index in [0.29, 0.717) is 22.7 Å². The fourth-order valence-corrected chi connectivity index (χ4v) is 2.21. The van der Waals surface area contributed by atoms with Crippen molar-refractivity contribution in [1.82, 2.24) is 10.2 Å². The Bertz CT molecular complexity index is 817. The quantitative estimate of drug-likeness (QED) is 0.791. The maximum Gasteiger partial charge on any atom is 0.320 e. The van der Waals surface area contributed by atoms with Crippen molar-refractivity contribution in [3.05, 3.63) is 47.5 Å². The van der Waals surface area contributed by atoms with Gasteiger partial charge in [-0.25, -0.2) is 0 Å². The third-order valence-corrected chi connectivity index (χ3v) is 3.39. The van der Waals surface area contributed by atoms with Gasteiger partial charge in [0.25, 0.3) is 0 Å². The number of nitrogens with zero attached hydrogens (tertiary/aromatic N) is 2. The molecule has 1 aliphatic rings. The van der Waals surface area contributed by atoms with Gasteiger partial charge in [0.15, 0.2) is 11.5 Å². The van der Waals surface area contributed by atoms with Crippen LogP contribution < -0.4 is 14.8 Å². The second kappa shape index (κ2) is 5.23. The Balaban J connectivity index is 1.55. The number of hydrogen-bond acceptors (Lipinski definition) is 6. The minimum atomic E-state index is 0.236. The van der Waals surface area contributed by atoms with Crippen molar-refractivity contribution in [2.45, 2.75) is 0 Å². The van der Waals surface area contributed by atoms with Crippen LogP contribution in [0.5, 0.6) is 11.5 Å². The molecule has 0 aliphatic carbocycles. The lowest BCUT2D eigenvalue weighted by Gasteiger charge is -2.02. The van der Waals surface area contributed by atoms with E-state index in [4.69, 9.17) is 25.5 Å². The van der Waals surface area contributed by atoms with E-state index in [1.54, 1.807) is 12.1 Å². The summed E-state index contributed by atoms with van der Waals surface area (Å²) in [5.41, 5.74) is 1.58. The van der Waals surface area contributed by atoms with Gasteiger partial charge in [-0.2, -0.15) is 0 Å². The Kier molecular flexibility index (Phi) is 3.08. The van der Waals surface area contributed by atoms with Gasteiger partial charge in [0.1, 0.15) is 0 Å². The summed E-state index contributed by atoms with van der Waals surface area (Å²) < 4.78 is 16.2. The van der Waals surface area contributed by atoms with Gasteiger partial charge in [0.05, 0.1) is 0 Å². The molecular formula is C15H10ClN3O3. The van der Waals surface area contributed by atoms with Gasteiger partial charge in [-0.15, -0.1) is 5.10 Å². The second-order valence-electron chi connectivity index (χ2n) is 4.61. The van der Waals surface area contributed by atoms with Crippen LogP contribution in [0.15, 0.2) is 46.9 Å². The smallest absolute Gasteiger partial charge is 0.320 e. The molecule has 0 saturated heterocycles.